The predicted octanol–water partition coefficient (Wildman–Crippen LogP) is 0.361. The van der Waals surface area contributed by atoms with E-state index >= 15 is 0 Å². The van der Waals surface area contributed by atoms with Crippen LogP contribution >= 0.6 is 0 Å². The standard InChI is InChI=1S/C13H21NO4/c1-17-12-2-4-13(5-3-12)18-11-8-14(6-9-15)7-10-16/h2-5,15-16H,6-11H2,1H3. The summed E-state index contributed by atoms with van der Waals surface area (Å²) in [5.74, 6) is 1.58. The number of benzene rings is 1. The average molecular weight is 255 g/mol. The van der Waals surface area contributed by atoms with Crippen molar-refractivity contribution in [3.63, 3.8) is 0 Å². The lowest BCUT2D eigenvalue weighted by Crippen LogP contribution is -2.33. The molecule has 0 spiro atoms. The summed E-state index contributed by atoms with van der Waals surface area (Å²) in [4.78, 5) is 1.95. The van der Waals surface area contributed by atoms with Crippen molar-refractivity contribution in [2.75, 3.05) is 46.6 Å². The van der Waals surface area contributed by atoms with Gasteiger partial charge in [-0.25, -0.2) is 0 Å². The van der Waals surface area contributed by atoms with Crippen LogP contribution in [-0.2, 0) is 0 Å². The highest BCUT2D eigenvalue weighted by molar-refractivity contribution is 5.31. The number of hydrogen-bond acceptors (Lipinski definition) is 5. The van der Waals surface area contributed by atoms with Crippen LogP contribution in [0.15, 0.2) is 24.3 Å². The number of aliphatic hydroxyl groups is 2. The SMILES string of the molecule is COc1ccc(OCCN(CCO)CCO)cc1. The van der Waals surface area contributed by atoms with Crippen LogP contribution in [0.5, 0.6) is 11.5 Å². The van der Waals surface area contributed by atoms with Crippen LogP contribution in [0.2, 0.25) is 0 Å². The highest BCUT2D eigenvalue weighted by Crippen LogP contribution is 2.16. The van der Waals surface area contributed by atoms with E-state index < -0.39 is 0 Å². The molecule has 0 aromatic heterocycles. The topological polar surface area (TPSA) is 62.2 Å². The number of aliphatic hydroxyl groups excluding tert-OH is 2. The highest BCUT2D eigenvalue weighted by Gasteiger charge is 2.03. The molecule has 0 fully saturated rings. The van der Waals surface area contributed by atoms with E-state index in [9.17, 15) is 0 Å². The van der Waals surface area contributed by atoms with Crippen LogP contribution in [0.1, 0.15) is 0 Å². The van der Waals surface area contributed by atoms with Crippen molar-refractivity contribution in [2.24, 2.45) is 0 Å². The van der Waals surface area contributed by atoms with E-state index in [1.807, 2.05) is 29.2 Å². The molecule has 1 aromatic rings. The molecule has 0 saturated carbocycles. The van der Waals surface area contributed by atoms with Gasteiger partial charge < -0.3 is 19.7 Å². The molecular formula is C13H21NO4. The fourth-order valence-electron chi connectivity index (χ4n) is 1.58. The van der Waals surface area contributed by atoms with Crippen LogP contribution in [0.3, 0.4) is 0 Å². The Labute approximate surface area is 108 Å². The Morgan fingerprint density at radius 3 is 2.00 bits per heavy atom. The monoisotopic (exact) mass is 255 g/mol. The Balaban J connectivity index is 2.30. The minimum atomic E-state index is 0.0858. The van der Waals surface area contributed by atoms with Crippen molar-refractivity contribution in [1.82, 2.24) is 4.90 Å². The molecule has 0 radical (unpaired) electrons. The Kier molecular flexibility index (Phi) is 7.17. The molecule has 0 saturated heterocycles. The summed E-state index contributed by atoms with van der Waals surface area (Å²) < 4.78 is 10.6. The molecule has 0 heterocycles. The maximum Gasteiger partial charge on any atom is 0.119 e. The van der Waals surface area contributed by atoms with Gasteiger partial charge in [-0.3, -0.25) is 4.90 Å². The zero-order valence-electron chi connectivity index (χ0n) is 10.7. The molecule has 2 N–H and O–H groups in total. The molecular weight excluding hydrogens is 234 g/mol. The van der Waals surface area contributed by atoms with Gasteiger partial charge in [-0.15, -0.1) is 0 Å². The second kappa shape index (κ2) is 8.74. The lowest BCUT2D eigenvalue weighted by Gasteiger charge is -2.20. The Morgan fingerprint density at radius 1 is 0.944 bits per heavy atom. The van der Waals surface area contributed by atoms with Gasteiger partial charge in [0.05, 0.1) is 20.3 Å². The van der Waals surface area contributed by atoms with E-state index in [0.29, 0.717) is 26.2 Å². The quantitative estimate of drug-likeness (QED) is 0.667. The first kappa shape index (κ1) is 14.8. The molecule has 0 amide bonds. The van der Waals surface area contributed by atoms with E-state index in [2.05, 4.69) is 0 Å². The molecule has 1 aromatic carbocycles. The van der Waals surface area contributed by atoms with Gasteiger partial charge in [0.1, 0.15) is 18.1 Å². The maximum absolute atomic E-state index is 8.86. The lowest BCUT2D eigenvalue weighted by molar-refractivity contribution is 0.141. The Morgan fingerprint density at radius 2 is 1.50 bits per heavy atom. The van der Waals surface area contributed by atoms with E-state index in [1.54, 1.807) is 7.11 Å². The molecule has 5 heteroatoms. The van der Waals surface area contributed by atoms with Crippen molar-refractivity contribution in [2.45, 2.75) is 0 Å². The van der Waals surface area contributed by atoms with Gasteiger partial charge in [0.2, 0.25) is 0 Å². The van der Waals surface area contributed by atoms with Gasteiger partial charge in [0, 0.05) is 19.6 Å². The summed E-state index contributed by atoms with van der Waals surface area (Å²) in [6, 6.07) is 7.38. The summed E-state index contributed by atoms with van der Waals surface area (Å²) >= 11 is 0. The van der Waals surface area contributed by atoms with E-state index in [1.165, 1.54) is 0 Å². The predicted molar refractivity (Wildman–Crippen MR) is 69.1 cm³/mol. The lowest BCUT2D eigenvalue weighted by atomic mass is 10.3. The molecule has 18 heavy (non-hydrogen) atoms. The first-order valence-electron chi connectivity index (χ1n) is 6.01. The van der Waals surface area contributed by atoms with Crippen molar-refractivity contribution in [3.05, 3.63) is 24.3 Å². The fraction of sp³-hybridized carbons (Fsp3) is 0.538. The Hall–Kier alpha value is -1.30. The zero-order chi connectivity index (χ0) is 13.2. The van der Waals surface area contributed by atoms with Gasteiger partial charge in [0.25, 0.3) is 0 Å². The molecule has 102 valence electrons. The van der Waals surface area contributed by atoms with Crippen molar-refractivity contribution >= 4 is 0 Å². The highest BCUT2D eigenvalue weighted by atomic mass is 16.5. The number of hydrogen-bond donors (Lipinski definition) is 2. The molecule has 0 atom stereocenters. The molecule has 0 unspecified atom stereocenters. The third kappa shape index (κ3) is 5.35. The number of rotatable bonds is 9. The van der Waals surface area contributed by atoms with Crippen molar-refractivity contribution < 1.29 is 19.7 Å². The first-order chi connectivity index (χ1) is 8.80. The van der Waals surface area contributed by atoms with Gasteiger partial charge >= 0.3 is 0 Å². The summed E-state index contributed by atoms with van der Waals surface area (Å²) in [5.41, 5.74) is 0. The van der Waals surface area contributed by atoms with E-state index in [0.717, 1.165) is 11.5 Å². The summed E-state index contributed by atoms with van der Waals surface area (Å²) in [7, 11) is 1.62. The Bertz CT molecular complexity index is 309. The van der Waals surface area contributed by atoms with Crippen LogP contribution in [-0.4, -0.2) is 61.7 Å². The average Bonchev–Trinajstić information content (AvgIpc) is 2.40. The molecule has 0 bridgehead atoms. The first-order valence-corrected chi connectivity index (χ1v) is 6.01. The smallest absolute Gasteiger partial charge is 0.119 e. The zero-order valence-corrected chi connectivity index (χ0v) is 10.7. The van der Waals surface area contributed by atoms with Crippen LogP contribution in [0, 0.1) is 0 Å². The minimum Gasteiger partial charge on any atom is -0.497 e. The van der Waals surface area contributed by atoms with E-state index in [-0.39, 0.29) is 13.2 Å². The molecule has 1 rings (SSSR count). The summed E-state index contributed by atoms with van der Waals surface area (Å²) in [6.45, 7) is 2.46. The molecule has 0 aliphatic carbocycles. The van der Waals surface area contributed by atoms with Gasteiger partial charge in [-0.2, -0.15) is 0 Å². The second-order valence-electron chi connectivity index (χ2n) is 3.81. The maximum atomic E-state index is 8.86. The third-order valence-corrected chi connectivity index (χ3v) is 2.57. The second-order valence-corrected chi connectivity index (χ2v) is 3.81. The normalized spacial score (nSPS) is 10.7. The van der Waals surface area contributed by atoms with Crippen LogP contribution < -0.4 is 9.47 Å². The summed E-state index contributed by atoms with van der Waals surface area (Å²) in [6.07, 6.45) is 0. The van der Waals surface area contributed by atoms with Crippen LogP contribution in [0.4, 0.5) is 0 Å². The fourth-order valence-corrected chi connectivity index (χ4v) is 1.58. The van der Waals surface area contributed by atoms with Crippen molar-refractivity contribution in [1.29, 1.82) is 0 Å². The molecule has 0 aliphatic rings. The van der Waals surface area contributed by atoms with Crippen LogP contribution in [0.25, 0.3) is 0 Å². The summed E-state index contributed by atoms with van der Waals surface area (Å²) in [5, 5.41) is 17.7. The molecule has 5 nitrogen and oxygen atoms in total. The van der Waals surface area contributed by atoms with Gasteiger partial charge in [-0.1, -0.05) is 0 Å². The van der Waals surface area contributed by atoms with E-state index in [4.69, 9.17) is 19.7 Å². The minimum absolute atomic E-state index is 0.0858. The van der Waals surface area contributed by atoms with Crippen molar-refractivity contribution in [3.8, 4) is 11.5 Å². The number of methoxy groups -OCH3 is 1. The van der Waals surface area contributed by atoms with Gasteiger partial charge in [0.15, 0.2) is 0 Å². The molecule has 0 aliphatic heterocycles. The number of nitrogens with zero attached hydrogens (tertiary/aromatic N) is 1. The number of ether oxygens (including phenoxy) is 2. The largest absolute Gasteiger partial charge is 0.497 e. The van der Waals surface area contributed by atoms with Gasteiger partial charge in [-0.05, 0) is 24.3 Å². The third-order valence-electron chi connectivity index (χ3n) is 2.57.